The maximum atomic E-state index is 13.2. The van der Waals surface area contributed by atoms with E-state index in [-0.39, 0.29) is 18.0 Å². The molecule has 3 nitrogen and oxygen atoms in total. The Hall–Kier alpha value is -1.29. The van der Waals surface area contributed by atoms with Crippen LogP contribution in [0.1, 0.15) is 13.8 Å². The van der Waals surface area contributed by atoms with Crippen molar-refractivity contribution in [3.05, 3.63) is 24.0 Å². The topological polar surface area (TPSA) is 38.5 Å². The zero-order valence-electron chi connectivity index (χ0n) is 9.61. The molecule has 0 radical (unpaired) electrons. The Morgan fingerprint density at radius 1 is 1.25 bits per heavy atom. The Labute approximate surface area is 95.0 Å². The van der Waals surface area contributed by atoms with Gasteiger partial charge < -0.3 is 15.4 Å². The highest BCUT2D eigenvalue weighted by Crippen LogP contribution is 2.23. The molecule has 0 amide bonds. The number of morpholine rings is 1. The highest BCUT2D eigenvalue weighted by atomic mass is 19.1. The predicted octanol–water partition coefficient (Wildman–Crippen LogP) is 2.02. The standard InChI is InChI=1S/C12H17FN2O/c1-8-6-15(7-9(2)16-8)12-4-10(13)3-11(14)5-12/h3-5,8-9H,6-7,14H2,1-2H3/t8-,9-/m1/s1. The first-order valence-corrected chi connectivity index (χ1v) is 5.51. The van der Waals surface area contributed by atoms with Crippen molar-refractivity contribution >= 4 is 11.4 Å². The summed E-state index contributed by atoms with van der Waals surface area (Å²) < 4.78 is 18.9. The Kier molecular flexibility index (Phi) is 3.01. The first-order valence-electron chi connectivity index (χ1n) is 5.51. The molecule has 2 atom stereocenters. The Morgan fingerprint density at radius 3 is 2.44 bits per heavy atom. The molecule has 0 aromatic heterocycles. The van der Waals surface area contributed by atoms with Crippen molar-refractivity contribution in [2.24, 2.45) is 0 Å². The van der Waals surface area contributed by atoms with Crippen molar-refractivity contribution in [3.8, 4) is 0 Å². The van der Waals surface area contributed by atoms with Crippen LogP contribution in [0.3, 0.4) is 0 Å². The van der Waals surface area contributed by atoms with Gasteiger partial charge in [0.2, 0.25) is 0 Å². The summed E-state index contributed by atoms with van der Waals surface area (Å²) >= 11 is 0. The zero-order chi connectivity index (χ0) is 11.7. The summed E-state index contributed by atoms with van der Waals surface area (Å²) in [6.07, 6.45) is 0.321. The van der Waals surface area contributed by atoms with Crippen LogP contribution in [0, 0.1) is 5.82 Å². The Morgan fingerprint density at radius 2 is 1.88 bits per heavy atom. The van der Waals surface area contributed by atoms with Crippen LogP contribution in [0.4, 0.5) is 15.8 Å². The van der Waals surface area contributed by atoms with Gasteiger partial charge in [-0.1, -0.05) is 0 Å². The number of nitrogens with zero attached hydrogens (tertiary/aromatic N) is 1. The van der Waals surface area contributed by atoms with Gasteiger partial charge in [0.25, 0.3) is 0 Å². The second-order valence-corrected chi connectivity index (χ2v) is 4.41. The molecule has 1 saturated heterocycles. The van der Waals surface area contributed by atoms with Crippen LogP contribution < -0.4 is 10.6 Å². The molecular formula is C12H17FN2O. The van der Waals surface area contributed by atoms with E-state index in [4.69, 9.17) is 10.5 Å². The lowest BCUT2D eigenvalue weighted by atomic mass is 10.2. The molecule has 0 spiro atoms. The van der Waals surface area contributed by atoms with Gasteiger partial charge in [-0.15, -0.1) is 0 Å². The van der Waals surface area contributed by atoms with Crippen LogP contribution in [0.2, 0.25) is 0 Å². The lowest BCUT2D eigenvalue weighted by Gasteiger charge is -2.36. The Bertz CT molecular complexity index is 353. The lowest BCUT2D eigenvalue weighted by molar-refractivity contribution is -0.00523. The molecule has 1 fully saturated rings. The number of anilines is 2. The van der Waals surface area contributed by atoms with Gasteiger partial charge in [0.1, 0.15) is 5.82 Å². The minimum Gasteiger partial charge on any atom is -0.399 e. The van der Waals surface area contributed by atoms with E-state index in [1.165, 1.54) is 12.1 Å². The number of nitrogens with two attached hydrogens (primary N) is 1. The molecule has 1 aliphatic rings. The van der Waals surface area contributed by atoms with Crippen LogP contribution in [-0.4, -0.2) is 25.3 Å². The monoisotopic (exact) mass is 224 g/mol. The van der Waals surface area contributed by atoms with Crippen LogP contribution >= 0.6 is 0 Å². The quantitative estimate of drug-likeness (QED) is 0.742. The normalized spacial score (nSPS) is 25.8. The first kappa shape index (κ1) is 11.2. The fraction of sp³-hybridized carbons (Fsp3) is 0.500. The maximum Gasteiger partial charge on any atom is 0.127 e. The number of benzene rings is 1. The minimum atomic E-state index is -0.290. The smallest absolute Gasteiger partial charge is 0.127 e. The van der Waals surface area contributed by atoms with Crippen LogP contribution in [0.15, 0.2) is 18.2 Å². The lowest BCUT2D eigenvalue weighted by Crippen LogP contribution is -2.45. The minimum absolute atomic E-state index is 0.160. The van der Waals surface area contributed by atoms with Crippen molar-refractivity contribution in [2.45, 2.75) is 26.1 Å². The van der Waals surface area contributed by atoms with Gasteiger partial charge in [0.05, 0.1) is 12.2 Å². The molecular weight excluding hydrogens is 207 g/mol. The maximum absolute atomic E-state index is 13.2. The third kappa shape index (κ3) is 2.44. The zero-order valence-corrected chi connectivity index (χ0v) is 9.61. The van der Waals surface area contributed by atoms with Crippen molar-refractivity contribution in [3.63, 3.8) is 0 Å². The van der Waals surface area contributed by atoms with E-state index in [0.717, 1.165) is 18.8 Å². The highest BCUT2D eigenvalue weighted by molar-refractivity contribution is 5.56. The van der Waals surface area contributed by atoms with E-state index in [0.29, 0.717) is 5.69 Å². The molecule has 16 heavy (non-hydrogen) atoms. The molecule has 0 unspecified atom stereocenters. The van der Waals surface area contributed by atoms with E-state index >= 15 is 0 Å². The summed E-state index contributed by atoms with van der Waals surface area (Å²) in [7, 11) is 0. The highest BCUT2D eigenvalue weighted by Gasteiger charge is 2.22. The Balaban J connectivity index is 2.22. The van der Waals surface area contributed by atoms with E-state index < -0.39 is 0 Å². The van der Waals surface area contributed by atoms with Crippen molar-refractivity contribution in [1.82, 2.24) is 0 Å². The van der Waals surface area contributed by atoms with Crippen molar-refractivity contribution in [2.75, 3.05) is 23.7 Å². The third-order valence-corrected chi connectivity index (χ3v) is 2.69. The van der Waals surface area contributed by atoms with E-state index in [1.807, 2.05) is 13.8 Å². The molecule has 88 valence electrons. The molecule has 0 bridgehead atoms. The second kappa shape index (κ2) is 4.29. The fourth-order valence-electron chi connectivity index (χ4n) is 2.17. The van der Waals surface area contributed by atoms with Gasteiger partial charge in [-0.3, -0.25) is 0 Å². The summed E-state index contributed by atoms with van der Waals surface area (Å²) in [6.45, 7) is 5.58. The van der Waals surface area contributed by atoms with Gasteiger partial charge >= 0.3 is 0 Å². The van der Waals surface area contributed by atoms with Gasteiger partial charge in [0.15, 0.2) is 0 Å². The summed E-state index contributed by atoms with van der Waals surface area (Å²) in [6, 6.07) is 4.64. The van der Waals surface area contributed by atoms with Crippen molar-refractivity contribution < 1.29 is 9.13 Å². The SMILES string of the molecule is C[C@@H]1CN(c2cc(N)cc(F)c2)C[C@@H](C)O1. The van der Waals surface area contributed by atoms with Crippen LogP contribution in [-0.2, 0) is 4.74 Å². The molecule has 0 aliphatic carbocycles. The summed E-state index contributed by atoms with van der Waals surface area (Å²) in [4.78, 5) is 2.11. The molecule has 2 N–H and O–H groups in total. The summed E-state index contributed by atoms with van der Waals surface area (Å²) in [5.41, 5.74) is 6.93. The molecule has 1 heterocycles. The molecule has 1 aromatic carbocycles. The second-order valence-electron chi connectivity index (χ2n) is 4.41. The van der Waals surface area contributed by atoms with Crippen molar-refractivity contribution in [1.29, 1.82) is 0 Å². The largest absolute Gasteiger partial charge is 0.399 e. The van der Waals surface area contributed by atoms with Crippen LogP contribution in [0.25, 0.3) is 0 Å². The summed E-state index contributed by atoms with van der Waals surface area (Å²) in [5, 5.41) is 0. The van der Waals surface area contributed by atoms with E-state index in [9.17, 15) is 4.39 Å². The fourth-order valence-corrected chi connectivity index (χ4v) is 2.17. The van der Waals surface area contributed by atoms with Gasteiger partial charge in [-0.25, -0.2) is 4.39 Å². The van der Waals surface area contributed by atoms with E-state index in [1.54, 1.807) is 6.07 Å². The number of nitrogen functional groups attached to an aromatic ring is 1. The molecule has 2 rings (SSSR count). The first-order chi connectivity index (χ1) is 7.54. The predicted molar refractivity (Wildman–Crippen MR) is 63.0 cm³/mol. The van der Waals surface area contributed by atoms with Gasteiger partial charge in [-0.05, 0) is 32.0 Å². The number of hydrogen-bond donors (Lipinski definition) is 1. The number of ether oxygens (including phenoxy) is 1. The van der Waals surface area contributed by atoms with Crippen LogP contribution in [0.5, 0.6) is 0 Å². The average Bonchev–Trinajstić information content (AvgIpc) is 2.14. The molecule has 4 heteroatoms. The van der Waals surface area contributed by atoms with Gasteiger partial charge in [-0.2, -0.15) is 0 Å². The summed E-state index contributed by atoms with van der Waals surface area (Å²) in [5.74, 6) is -0.290. The van der Waals surface area contributed by atoms with E-state index in [2.05, 4.69) is 4.90 Å². The number of rotatable bonds is 1. The molecule has 1 aliphatic heterocycles. The average molecular weight is 224 g/mol. The molecule has 1 aromatic rings. The third-order valence-electron chi connectivity index (χ3n) is 2.69. The number of hydrogen-bond acceptors (Lipinski definition) is 3. The van der Waals surface area contributed by atoms with Gasteiger partial charge in [0, 0.05) is 24.5 Å². The molecule has 0 saturated carbocycles. The number of halogens is 1.